The van der Waals surface area contributed by atoms with E-state index in [2.05, 4.69) is 26.6 Å². The molecular weight excluding hydrogens is 522 g/mol. The predicted octanol–water partition coefficient (Wildman–Crippen LogP) is 4.50. The van der Waals surface area contributed by atoms with Crippen molar-refractivity contribution in [3.05, 3.63) is 92.1 Å². The highest BCUT2D eigenvalue weighted by Gasteiger charge is 2.20. The molecule has 2 amide bonds. The molecule has 2 N–H and O–H groups in total. The largest absolute Gasteiger partial charge is 0.494 e. The number of hydrogen-bond acceptors (Lipinski definition) is 7. The van der Waals surface area contributed by atoms with Crippen molar-refractivity contribution >= 4 is 45.2 Å². The Bertz CT molecular complexity index is 1360. The first-order valence-corrected chi connectivity index (χ1v) is 11.0. The van der Waals surface area contributed by atoms with Gasteiger partial charge in [-0.05, 0) is 57.9 Å². The van der Waals surface area contributed by atoms with Crippen LogP contribution in [0.3, 0.4) is 0 Å². The molecule has 0 radical (unpaired) electrons. The number of fused-ring (bicyclic) bond motifs is 1. The van der Waals surface area contributed by atoms with E-state index in [1.54, 1.807) is 42.5 Å². The van der Waals surface area contributed by atoms with Gasteiger partial charge in [0.25, 0.3) is 17.5 Å². The van der Waals surface area contributed by atoms with Crippen LogP contribution in [-0.4, -0.2) is 30.6 Å². The van der Waals surface area contributed by atoms with Gasteiger partial charge in [-0.15, -0.1) is 0 Å². The van der Waals surface area contributed by atoms with Crippen LogP contribution in [0.4, 0.5) is 11.4 Å². The quantitative estimate of drug-likeness (QED) is 0.257. The van der Waals surface area contributed by atoms with Crippen molar-refractivity contribution in [1.29, 1.82) is 0 Å². The molecule has 35 heavy (non-hydrogen) atoms. The van der Waals surface area contributed by atoms with Crippen LogP contribution in [0.5, 0.6) is 17.2 Å². The van der Waals surface area contributed by atoms with Gasteiger partial charge in [0.2, 0.25) is 6.79 Å². The molecule has 4 rings (SSSR count). The van der Waals surface area contributed by atoms with Gasteiger partial charge in [0.15, 0.2) is 11.5 Å². The molecule has 0 spiro atoms. The highest BCUT2D eigenvalue weighted by Crippen LogP contribution is 2.33. The number of carbonyl (C=O) groups excluding carboxylic acids is 2. The van der Waals surface area contributed by atoms with E-state index in [1.807, 2.05) is 0 Å². The normalized spacial score (nSPS) is 12.1. The number of ether oxygens (including phenoxy) is 3. The summed E-state index contributed by atoms with van der Waals surface area (Å²) in [4.78, 5) is 36.7. The molecule has 1 aliphatic rings. The minimum absolute atomic E-state index is 0.0787. The highest BCUT2D eigenvalue weighted by molar-refractivity contribution is 9.10. The number of nitrogens with zero attached hydrogens (tertiary/aromatic N) is 1. The fraction of sp³-hybridized carbons (Fsp3) is 0.0833. The van der Waals surface area contributed by atoms with Crippen LogP contribution in [0, 0.1) is 10.1 Å². The number of rotatable bonds is 7. The molecule has 10 nitrogen and oxygen atoms in total. The van der Waals surface area contributed by atoms with Gasteiger partial charge in [0.1, 0.15) is 11.4 Å². The SMILES string of the molecule is COc1cc([N+](=O)[O-])ccc1NC(=O)C(=Cc1ccc2c(c1)OCO2)NC(=O)c1ccccc1Br. The van der Waals surface area contributed by atoms with Crippen molar-refractivity contribution in [2.75, 3.05) is 19.2 Å². The first-order valence-electron chi connectivity index (χ1n) is 10.2. The van der Waals surface area contributed by atoms with Gasteiger partial charge in [-0.1, -0.05) is 18.2 Å². The van der Waals surface area contributed by atoms with Gasteiger partial charge in [0, 0.05) is 10.5 Å². The maximum absolute atomic E-state index is 13.2. The lowest BCUT2D eigenvalue weighted by Gasteiger charge is -2.14. The lowest BCUT2D eigenvalue weighted by Crippen LogP contribution is -2.31. The van der Waals surface area contributed by atoms with Crippen LogP contribution >= 0.6 is 15.9 Å². The van der Waals surface area contributed by atoms with E-state index in [0.717, 1.165) is 0 Å². The maximum Gasteiger partial charge on any atom is 0.273 e. The summed E-state index contributed by atoms with van der Waals surface area (Å²) >= 11 is 3.33. The Kier molecular flexibility index (Phi) is 6.97. The van der Waals surface area contributed by atoms with Crippen LogP contribution < -0.4 is 24.8 Å². The number of halogens is 1. The van der Waals surface area contributed by atoms with E-state index in [4.69, 9.17) is 14.2 Å². The number of carbonyl (C=O) groups is 2. The minimum Gasteiger partial charge on any atom is -0.494 e. The summed E-state index contributed by atoms with van der Waals surface area (Å²) in [6.45, 7) is 0.0918. The third-order valence-electron chi connectivity index (χ3n) is 4.96. The van der Waals surface area contributed by atoms with Crippen LogP contribution in [0.25, 0.3) is 6.08 Å². The molecule has 1 heterocycles. The van der Waals surface area contributed by atoms with Crippen molar-refractivity contribution in [3.63, 3.8) is 0 Å². The smallest absolute Gasteiger partial charge is 0.273 e. The zero-order valence-electron chi connectivity index (χ0n) is 18.2. The molecule has 0 aliphatic carbocycles. The Hall–Kier alpha value is -4.38. The van der Waals surface area contributed by atoms with E-state index in [0.29, 0.717) is 27.1 Å². The zero-order valence-corrected chi connectivity index (χ0v) is 19.8. The summed E-state index contributed by atoms with van der Waals surface area (Å²) < 4.78 is 16.4. The van der Waals surface area contributed by atoms with Crippen molar-refractivity contribution in [3.8, 4) is 17.2 Å². The molecule has 0 unspecified atom stereocenters. The Morgan fingerprint density at radius 1 is 1.09 bits per heavy atom. The molecule has 0 bridgehead atoms. The number of methoxy groups -OCH3 is 1. The Morgan fingerprint density at radius 3 is 2.60 bits per heavy atom. The topological polar surface area (TPSA) is 129 Å². The second kappa shape index (κ2) is 10.3. The number of anilines is 1. The Balaban J connectivity index is 1.67. The maximum atomic E-state index is 13.2. The number of nitrogens with one attached hydrogen (secondary N) is 2. The van der Waals surface area contributed by atoms with Crippen LogP contribution in [0.2, 0.25) is 0 Å². The molecule has 0 atom stereocenters. The Morgan fingerprint density at radius 2 is 1.86 bits per heavy atom. The van der Waals surface area contributed by atoms with Gasteiger partial charge in [-0.25, -0.2) is 0 Å². The molecule has 178 valence electrons. The van der Waals surface area contributed by atoms with E-state index in [9.17, 15) is 19.7 Å². The molecule has 0 saturated heterocycles. The number of non-ortho nitro benzene ring substituents is 1. The van der Waals surface area contributed by atoms with E-state index >= 15 is 0 Å². The van der Waals surface area contributed by atoms with E-state index in [1.165, 1.54) is 31.4 Å². The van der Waals surface area contributed by atoms with Crippen LogP contribution in [0.15, 0.2) is 70.8 Å². The number of nitro benzene ring substituents is 1. The molecule has 3 aromatic rings. The monoisotopic (exact) mass is 539 g/mol. The lowest BCUT2D eigenvalue weighted by atomic mass is 10.1. The van der Waals surface area contributed by atoms with Crippen LogP contribution in [-0.2, 0) is 4.79 Å². The van der Waals surface area contributed by atoms with Crippen molar-refractivity contribution in [1.82, 2.24) is 5.32 Å². The van der Waals surface area contributed by atoms with Crippen molar-refractivity contribution < 1.29 is 28.7 Å². The van der Waals surface area contributed by atoms with E-state index in [-0.39, 0.29) is 29.6 Å². The fourth-order valence-corrected chi connectivity index (χ4v) is 3.71. The van der Waals surface area contributed by atoms with Gasteiger partial charge >= 0.3 is 0 Å². The fourth-order valence-electron chi connectivity index (χ4n) is 3.25. The molecule has 11 heteroatoms. The standard InChI is InChI=1S/C24H18BrN3O7/c1-33-21-12-15(28(31)32)7-8-18(21)26-24(30)19(27-23(29)16-4-2-3-5-17(16)25)10-14-6-9-20-22(11-14)35-13-34-20/h2-12H,13H2,1H3,(H,26,30)(H,27,29). The third kappa shape index (κ3) is 5.41. The average molecular weight is 540 g/mol. The molecule has 3 aromatic carbocycles. The minimum atomic E-state index is -0.671. The zero-order chi connectivity index (χ0) is 24.9. The summed E-state index contributed by atoms with van der Waals surface area (Å²) in [6.07, 6.45) is 1.48. The summed E-state index contributed by atoms with van der Waals surface area (Å²) in [5, 5.41) is 16.3. The average Bonchev–Trinajstić information content (AvgIpc) is 3.32. The second-order valence-corrected chi connectivity index (χ2v) is 8.05. The first-order chi connectivity index (χ1) is 16.9. The number of nitro groups is 1. The Labute approximate surface area is 207 Å². The molecule has 0 aromatic heterocycles. The van der Waals surface area contributed by atoms with E-state index < -0.39 is 16.7 Å². The van der Waals surface area contributed by atoms with Crippen LogP contribution in [0.1, 0.15) is 15.9 Å². The molecule has 1 aliphatic heterocycles. The van der Waals surface area contributed by atoms with Gasteiger partial charge in [0.05, 0.1) is 29.4 Å². The molecule has 0 saturated carbocycles. The number of benzene rings is 3. The summed E-state index contributed by atoms with van der Waals surface area (Å²) in [7, 11) is 1.33. The summed E-state index contributed by atoms with van der Waals surface area (Å²) in [6, 6.07) is 15.6. The second-order valence-electron chi connectivity index (χ2n) is 7.20. The first kappa shape index (κ1) is 23.8. The van der Waals surface area contributed by atoms with Crippen molar-refractivity contribution in [2.24, 2.45) is 0 Å². The van der Waals surface area contributed by atoms with Gasteiger partial charge in [-0.3, -0.25) is 19.7 Å². The number of hydrogen-bond donors (Lipinski definition) is 2. The van der Waals surface area contributed by atoms with Crippen molar-refractivity contribution in [2.45, 2.75) is 0 Å². The highest BCUT2D eigenvalue weighted by atomic mass is 79.9. The lowest BCUT2D eigenvalue weighted by molar-refractivity contribution is -0.384. The predicted molar refractivity (Wildman–Crippen MR) is 130 cm³/mol. The number of amides is 2. The van der Waals surface area contributed by atoms with Gasteiger partial charge in [-0.2, -0.15) is 0 Å². The molecular formula is C24H18BrN3O7. The summed E-state index contributed by atoms with van der Waals surface area (Å²) in [5.74, 6) is -0.0219. The molecule has 0 fully saturated rings. The third-order valence-corrected chi connectivity index (χ3v) is 5.65. The summed E-state index contributed by atoms with van der Waals surface area (Å²) in [5.41, 5.74) is 0.811. The van der Waals surface area contributed by atoms with Gasteiger partial charge < -0.3 is 24.8 Å².